The van der Waals surface area contributed by atoms with Gasteiger partial charge in [0.2, 0.25) is 5.91 Å². The molecule has 0 saturated carbocycles. The molecule has 1 saturated heterocycles. The van der Waals surface area contributed by atoms with E-state index >= 15 is 0 Å². The summed E-state index contributed by atoms with van der Waals surface area (Å²) < 4.78 is 5.25. The highest BCUT2D eigenvalue weighted by atomic mass is 35.5. The molecule has 1 amide bonds. The second kappa shape index (κ2) is 9.59. The molecule has 5 heteroatoms. The van der Waals surface area contributed by atoms with Crippen LogP contribution in [-0.2, 0) is 9.53 Å². The molecule has 0 spiro atoms. The van der Waals surface area contributed by atoms with Crippen LogP contribution in [0.5, 0.6) is 0 Å². The lowest BCUT2D eigenvalue weighted by Crippen LogP contribution is -2.51. The van der Waals surface area contributed by atoms with E-state index in [1.54, 1.807) is 0 Å². The van der Waals surface area contributed by atoms with Gasteiger partial charge in [-0.3, -0.25) is 4.79 Å². The molecular formula is C13H27ClN2O2. The highest BCUT2D eigenvalue weighted by Crippen LogP contribution is 2.20. The fourth-order valence-corrected chi connectivity index (χ4v) is 2.43. The van der Waals surface area contributed by atoms with Crippen molar-refractivity contribution in [3.8, 4) is 0 Å². The van der Waals surface area contributed by atoms with Gasteiger partial charge in [-0.05, 0) is 39.5 Å². The van der Waals surface area contributed by atoms with Crippen LogP contribution in [0.3, 0.4) is 0 Å². The van der Waals surface area contributed by atoms with Crippen molar-refractivity contribution in [3.63, 3.8) is 0 Å². The highest BCUT2D eigenvalue weighted by molar-refractivity contribution is 5.85. The van der Waals surface area contributed by atoms with Crippen LogP contribution < -0.4 is 5.73 Å². The largest absolute Gasteiger partial charge is 0.382 e. The Bertz CT molecular complexity index is 237. The highest BCUT2D eigenvalue weighted by Gasteiger charge is 2.28. The fourth-order valence-electron chi connectivity index (χ4n) is 2.43. The Hall–Kier alpha value is -0.320. The van der Waals surface area contributed by atoms with E-state index in [1.165, 1.54) is 6.42 Å². The van der Waals surface area contributed by atoms with Gasteiger partial charge < -0.3 is 15.4 Å². The summed E-state index contributed by atoms with van der Waals surface area (Å²) in [5.74, 6) is 0.242. The molecule has 1 rings (SSSR count). The average Bonchev–Trinajstić information content (AvgIpc) is 2.34. The Labute approximate surface area is 117 Å². The van der Waals surface area contributed by atoms with Crippen LogP contribution in [0.15, 0.2) is 0 Å². The molecule has 0 aliphatic carbocycles. The number of likely N-dealkylation sites (tertiary alicyclic amines) is 1. The third-order valence-electron chi connectivity index (χ3n) is 3.36. The maximum atomic E-state index is 12.1. The summed E-state index contributed by atoms with van der Waals surface area (Å²) in [6.07, 6.45) is 4.75. The Kier molecular flexibility index (Phi) is 9.42. The molecule has 4 nitrogen and oxygen atoms in total. The molecular weight excluding hydrogens is 252 g/mol. The first kappa shape index (κ1) is 17.7. The molecule has 2 atom stereocenters. The van der Waals surface area contributed by atoms with Gasteiger partial charge in [-0.2, -0.15) is 0 Å². The molecule has 1 aliphatic heterocycles. The number of amides is 1. The molecule has 0 aromatic carbocycles. The molecule has 18 heavy (non-hydrogen) atoms. The van der Waals surface area contributed by atoms with Crippen LogP contribution in [-0.4, -0.2) is 42.6 Å². The molecule has 108 valence electrons. The van der Waals surface area contributed by atoms with Gasteiger partial charge in [-0.25, -0.2) is 0 Å². The van der Waals surface area contributed by atoms with Gasteiger partial charge in [0.05, 0.1) is 0 Å². The molecule has 2 unspecified atom stereocenters. The molecule has 1 aliphatic rings. The van der Waals surface area contributed by atoms with Crippen molar-refractivity contribution in [3.05, 3.63) is 0 Å². The number of ether oxygens (including phenoxy) is 1. The van der Waals surface area contributed by atoms with E-state index < -0.39 is 0 Å². The summed E-state index contributed by atoms with van der Waals surface area (Å²) in [6.45, 7) is 6.24. The number of nitrogens with zero attached hydrogens (tertiary/aromatic N) is 1. The minimum atomic E-state index is 0. The molecule has 0 bridgehead atoms. The zero-order valence-corrected chi connectivity index (χ0v) is 12.4. The summed E-state index contributed by atoms with van der Waals surface area (Å²) in [5.41, 5.74) is 5.95. The van der Waals surface area contributed by atoms with E-state index in [9.17, 15) is 4.79 Å². The lowest BCUT2D eigenvalue weighted by molar-refractivity contribution is -0.135. The number of halogens is 1. The number of carbonyl (C=O) groups is 1. The third-order valence-corrected chi connectivity index (χ3v) is 3.36. The smallest absolute Gasteiger partial charge is 0.222 e. The van der Waals surface area contributed by atoms with Gasteiger partial charge in [0.1, 0.15) is 0 Å². The first-order valence-corrected chi connectivity index (χ1v) is 6.79. The van der Waals surface area contributed by atoms with Crippen molar-refractivity contribution in [2.24, 2.45) is 5.73 Å². The third kappa shape index (κ3) is 5.55. The monoisotopic (exact) mass is 278 g/mol. The molecule has 0 aromatic heterocycles. The first-order valence-electron chi connectivity index (χ1n) is 6.79. The second-order valence-electron chi connectivity index (χ2n) is 4.81. The molecule has 1 fully saturated rings. The van der Waals surface area contributed by atoms with Crippen LogP contribution in [0.4, 0.5) is 0 Å². The van der Waals surface area contributed by atoms with Crippen molar-refractivity contribution in [1.82, 2.24) is 4.90 Å². The standard InChI is InChI=1S/C13H26N2O2.ClH/c1-3-17-10-6-8-13(16)15-9-5-4-7-12(15)11(2)14;/h11-12H,3-10,14H2,1-2H3;1H. The maximum Gasteiger partial charge on any atom is 0.222 e. The normalized spacial score (nSPS) is 21.3. The zero-order valence-electron chi connectivity index (χ0n) is 11.6. The molecule has 1 heterocycles. The minimum Gasteiger partial charge on any atom is -0.382 e. The van der Waals surface area contributed by atoms with E-state index in [0.29, 0.717) is 13.0 Å². The molecule has 0 radical (unpaired) electrons. The summed E-state index contributed by atoms with van der Waals surface area (Å²) >= 11 is 0. The van der Waals surface area contributed by atoms with Crippen molar-refractivity contribution in [1.29, 1.82) is 0 Å². The van der Waals surface area contributed by atoms with Gasteiger partial charge in [0, 0.05) is 38.3 Å². The second-order valence-corrected chi connectivity index (χ2v) is 4.81. The maximum absolute atomic E-state index is 12.1. The van der Waals surface area contributed by atoms with E-state index in [4.69, 9.17) is 10.5 Å². The Balaban J connectivity index is 0.00000289. The van der Waals surface area contributed by atoms with E-state index in [1.807, 2.05) is 18.7 Å². The van der Waals surface area contributed by atoms with Gasteiger partial charge >= 0.3 is 0 Å². The van der Waals surface area contributed by atoms with Crippen molar-refractivity contribution in [2.75, 3.05) is 19.8 Å². The van der Waals surface area contributed by atoms with Crippen molar-refractivity contribution in [2.45, 2.75) is 58.0 Å². The van der Waals surface area contributed by atoms with E-state index in [-0.39, 0.29) is 30.4 Å². The molecule has 0 aromatic rings. The number of hydrogen-bond donors (Lipinski definition) is 1. The van der Waals surface area contributed by atoms with Gasteiger partial charge in [-0.15, -0.1) is 12.4 Å². The topological polar surface area (TPSA) is 55.6 Å². The first-order chi connectivity index (χ1) is 8.16. The van der Waals surface area contributed by atoms with E-state index in [0.717, 1.165) is 32.4 Å². The SMILES string of the molecule is CCOCCCC(=O)N1CCCCC1C(C)N.Cl. The Morgan fingerprint density at radius 1 is 1.50 bits per heavy atom. The van der Waals surface area contributed by atoms with Gasteiger partial charge in [0.25, 0.3) is 0 Å². The number of nitrogens with two attached hydrogens (primary N) is 1. The summed E-state index contributed by atoms with van der Waals surface area (Å²) in [5, 5.41) is 0. The van der Waals surface area contributed by atoms with Crippen molar-refractivity contribution >= 4 is 18.3 Å². The number of hydrogen-bond acceptors (Lipinski definition) is 3. The lowest BCUT2D eigenvalue weighted by Gasteiger charge is -2.38. The predicted molar refractivity (Wildman–Crippen MR) is 76.0 cm³/mol. The summed E-state index contributed by atoms with van der Waals surface area (Å²) in [6, 6.07) is 0.314. The predicted octanol–water partition coefficient (Wildman–Crippen LogP) is 1.95. The Morgan fingerprint density at radius 2 is 2.22 bits per heavy atom. The van der Waals surface area contributed by atoms with Crippen LogP contribution in [0.25, 0.3) is 0 Å². The van der Waals surface area contributed by atoms with Crippen LogP contribution in [0.1, 0.15) is 46.0 Å². The van der Waals surface area contributed by atoms with Gasteiger partial charge in [-0.1, -0.05) is 0 Å². The summed E-state index contributed by atoms with van der Waals surface area (Å²) in [7, 11) is 0. The lowest BCUT2D eigenvalue weighted by atomic mass is 9.96. The molecule has 2 N–H and O–H groups in total. The fraction of sp³-hybridized carbons (Fsp3) is 0.923. The number of rotatable bonds is 6. The quantitative estimate of drug-likeness (QED) is 0.756. The number of piperidine rings is 1. The van der Waals surface area contributed by atoms with Gasteiger partial charge in [0.15, 0.2) is 0 Å². The van der Waals surface area contributed by atoms with Crippen molar-refractivity contribution < 1.29 is 9.53 Å². The zero-order chi connectivity index (χ0) is 12.7. The Morgan fingerprint density at radius 3 is 2.83 bits per heavy atom. The van der Waals surface area contributed by atoms with Crippen LogP contribution in [0, 0.1) is 0 Å². The minimum absolute atomic E-state index is 0. The van der Waals surface area contributed by atoms with Crippen LogP contribution in [0.2, 0.25) is 0 Å². The number of carbonyl (C=O) groups excluding carboxylic acids is 1. The van der Waals surface area contributed by atoms with E-state index in [2.05, 4.69) is 0 Å². The summed E-state index contributed by atoms with van der Waals surface area (Å²) in [4.78, 5) is 14.1. The van der Waals surface area contributed by atoms with Crippen LogP contribution >= 0.6 is 12.4 Å². The average molecular weight is 279 g/mol.